The van der Waals surface area contributed by atoms with Crippen LogP contribution in [0.25, 0.3) is 10.4 Å². The van der Waals surface area contributed by atoms with E-state index in [1.165, 1.54) is 0 Å². The van der Waals surface area contributed by atoms with Crippen molar-refractivity contribution in [3.05, 3.63) is 23.1 Å². The number of hydrogen-bond acceptors (Lipinski definition) is 2. The van der Waals surface area contributed by atoms with Crippen LogP contribution in [0.2, 0.25) is 0 Å². The van der Waals surface area contributed by atoms with E-state index in [2.05, 4.69) is 21.9 Å². The van der Waals surface area contributed by atoms with Crippen molar-refractivity contribution >= 4 is 5.91 Å². The van der Waals surface area contributed by atoms with Crippen molar-refractivity contribution < 1.29 is 4.79 Å². The summed E-state index contributed by atoms with van der Waals surface area (Å²) >= 11 is 0. The fraction of sp³-hybridized carbons (Fsp3) is 0.625. The zero-order chi connectivity index (χ0) is 9.73. The number of azide groups is 1. The molecule has 0 spiro atoms. The molecule has 1 unspecified atom stereocenters. The van der Waals surface area contributed by atoms with Gasteiger partial charge in [0, 0.05) is 18.0 Å². The average molecular weight is 180 g/mol. The van der Waals surface area contributed by atoms with Crippen LogP contribution in [0.5, 0.6) is 0 Å². The van der Waals surface area contributed by atoms with E-state index in [9.17, 15) is 4.79 Å². The molecule has 1 fully saturated rings. The molecule has 1 saturated heterocycles. The molecular weight excluding hydrogens is 168 g/mol. The van der Waals surface area contributed by atoms with E-state index in [0.29, 0.717) is 13.0 Å². The van der Waals surface area contributed by atoms with E-state index in [-0.39, 0.29) is 12.5 Å². The second-order valence-corrected chi connectivity index (χ2v) is 3.17. The van der Waals surface area contributed by atoms with Crippen LogP contribution in [0.1, 0.15) is 12.8 Å². The zero-order valence-corrected chi connectivity index (χ0v) is 7.36. The van der Waals surface area contributed by atoms with E-state index >= 15 is 0 Å². The topological polar surface area (TPSA) is 77.9 Å². The maximum atomic E-state index is 11.4. The maximum absolute atomic E-state index is 11.4. The molecule has 0 aromatic rings. The van der Waals surface area contributed by atoms with Gasteiger partial charge in [0.25, 0.3) is 0 Å². The van der Waals surface area contributed by atoms with Crippen LogP contribution < -0.4 is 5.32 Å². The molecule has 0 bridgehead atoms. The van der Waals surface area contributed by atoms with Crippen molar-refractivity contribution in [1.82, 2.24) is 5.32 Å². The molecule has 1 aliphatic heterocycles. The van der Waals surface area contributed by atoms with E-state index in [4.69, 9.17) is 5.53 Å². The van der Waals surface area contributed by atoms with Crippen LogP contribution in [0, 0.1) is 5.41 Å². The van der Waals surface area contributed by atoms with Gasteiger partial charge in [0.05, 0.1) is 5.41 Å². The molecule has 1 aliphatic rings. The van der Waals surface area contributed by atoms with Crippen LogP contribution in [-0.2, 0) is 4.79 Å². The standard InChI is InChI=1S/C8H12N4O/c1-2-3-8(6-11-12-9)4-5-10-7(8)13/h2H,1,3-6H2,(H,10,13). The predicted octanol–water partition coefficient (Wildman–Crippen LogP) is 1.38. The lowest BCUT2D eigenvalue weighted by molar-refractivity contribution is -0.127. The Morgan fingerprint density at radius 2 is 2.62 bits per heavy atom. The van der Waals surface area contributed by atoms with Crippen molar-refractivity contribution in [1.29, 1.82) is 0 Å². The third kappa shape index (κ3) is 1.81. The Hall–Kier alpha value is -1.48. The zero-order valence-electron chi connectivity index (χ0n) is 7.36. The van der Waals surface area contributed by atoms with Crippen LogP contribution in [0.4, 0.5) is 0 Å². The number of allylic oxidation sites excluding steroid dienone is 1. The lowest BCUT2D eigenvalue weighted by atomic mass is 9.83. The fourth-order valence-corrected chi connectivity index (χ4v) is 1.57. The van der Waals surface area contributed by atoms with Crippen LogP contribution in [-0.4, -0.2) is 19.0 Å². The number of carbonyl (C=O) groups is 1. The van der Waals surface area contributed by atoms with E-state index < -0.39 is 5.41 Å². The van der Waals surface area contributed by atoms with E-state index in [1.54, 1.807) is 6.08 Å². The van der Waals surface area contributed by atoms with Gasteiger partial charge >= 0.3 is 0 Å². The summed E-state index contributed by atoms with van der Waals surface area (Å²) in [6, 6.07) is 0. The Bertz CT molecular complexity index is 269. The highest BCUT2D eigenvalue weighted by Crippen LogP contribution is 2.31. The van der Waals surface area contributed by atoms with E-state index in [1.807, 2.05) is 0 Å². The second kappa shape index (κ2) is 3.96. The smallest absolute Gasteiger partial charge is 0.226 e. The Labute approximate surface area is 76.4 Å². The second-order valence-electron chi connectivity index (χ2n) is 3.17. The number of nitrogens with one attached hydrogen (secondary N) is 1. The summed E-state index contributed by atoms with van der Waals surface area (Å²) in [6.07, 6.45) is 2.98. The first kappa shape index (κ1) is 9.61. The molecule has 5 heteroatoms. The molecule has 1 rings (SSSR count). The molecule has 0 aliphatic carbocycles. The highest BCUT2D eigenvalue weighted by atomic mass is 16.2. The van der Waals surface area contributed by atoms with Gasteiger partial charge in [-0.2, -0.15) is 0 Å². The molecule has 1 amide bonds. The minimum Gasteiger partial charge on any atom is -0.356 e. The van der Waals surface area contributed by atoms with Crippen molar-refractivity contribution in [3.8, 4) is 0 Å². The van der Waals surface area contributed by atoms with Gasteiger partial charge in [-0.15, -0.1) is 6.58 Å². The highest BCUT2D eigenvalue weighted by molar-refractivity contribution is 5.85. The van der Waals surface area contributed by atoms with Gasteiger partial charge in [0.1, 0.15) is 0 Å². The number of nitrogens with zero attached hydrogens (tertiary/aromatic N) is 3. The quantitative estimate of drug-likeness (QED) is 0.301. The lowest BCUT2D eigenvalue weighted by Crippen LogP contribution is -2.33. The van der Waals surface area contributed by atoms with Gasteiger partial charge < -0.3 is 5.32 Å². The van der Waals surface area contributed by atoms with Gasteiger partial charge in [0.15, 0.2) is 0 Å². The molecule has 0 aromatic heterocycles. The molecule has 0 aromatic carbocycles. The third-order valence-corrected chi connectivity index (χ3v) is 2.34. The molecule has 5 nitrogen and oxygen atoms in total. The van der Waals surface area contributed by atoms with Crippen molar-refractivity contribution in [3.63, 3.8) is 0 Å². The summed E-state index contributed by atoms with van der Waals surface area (Å²) in [5, 5.41) is 6.20. The number of amides is 1. The van der Waals surface area contributed by atoms with Gasteiger partial charge in [-0.25, -0.2) is 0 Å². The average Bonchev–Trinajstić information content (AvgIpc) is 2.46. The third-order valence-electron chi connectivity index (χ3n) is 2.34. The summed E-state index contributed by atoms with van der Waals surface area (Å²) in [5.74, 6) is -0.0280. The number of hydrogen-bond donors (Lipinski definition) is 1. The largest absolute Gasteiger partial charge is 0.356 e. The summed E-state index contributed by atoms with van der Waals surface area (Å²) in [4.78, 5) is 14.1. The summed E-state index contributed by atoms with van der Waals surface area (Å²) in [5.41, 5.74) is 7.66. The molecule has 70 valence electrons. The molecule has 1 heterocycles. The summed E-state index contributed by atoms with van der Waals surface area (Å²) in [6.45, 7) is 4.48. The van der Waals surface area contributed by atoms with E-state index in [0.717, 1.165) is 6.42 Å². The van der Waals surface area contributed by atoms with Gasteiger partial charge in [0.2, 0.25) is 5.91 Å². The van der Waals surface area contributed by atoms with Crippen LogP contribution in [0.3, 0.4) is 0 Å². The molecule has 0 saturated carbocycles. The number of carbonyl (C=O) groups excluding carboxylic acids is 1. The lowest BCUT2D eigenvalue weighted by Gasteiger charge is -2.21. The maximum Gasteiger partial charge on any atom is 0.226 e. The van der Waals surface area contributed by atoms with Gasteiger partial charge in [-0.1, -0.05) is 11.2 Å². The monoisotopic (exact) mass is 180 g/mol. The van der Waals surface area contributed by atoms with Crippen molar-refractivity contribution in [2.45, 2.75) is 12.8 Å². The SMILES string of the molecule is C=CCC1(CN=[N+]=[N-])CCNC1=O. The Morgan fingerprint density at radius 1 is 1.85 bits per heavy atom. The molecule has 13 heavy (non-hydrogen) atoms. The van der Waals surface area contributed by atoms with Gasteiger partial charge in [-0.05, 0) is 18.4 Å². The van der Waals surface area contributed by atoms with Crippen LogP contribution >= 0.6 is 0 Å². The number of rotatable bonds is 4. The first-order valence-electron chi connectivity index (χ1n) is 4.15. The Morgan fingerprint density at radius 3 is 3.08 bits per heavy atom. The first-order valence-corrected chi connectivity index (χ1v) is 4.15. The molecular formula is C8H12N4O. The fourth-order valence-electron chi connectivity index (χ4n) is 1.57. The minimum absolute atomic E-state index is 0.0280. The highest BCUT2D eigenvalue weighted by Gasteiger charge is 2.40. The molecule has 1 atom stereocenters. The van der Waals surface area contributed by atoms with Crippen LogP contribution in [0.15, 0.2) is 17.8 Å². The Kier molecular flexibility index (Phi) is 2.93. The Balaban J connectivity index is 2.78. The minimum atomic E-state index is -0.534. The normalized spacial score (nSPS) is 26.3. The first-order chi connectivity index (χ1) is 6.25. The van der Waals surface area contributed by atoms with Crippen molar-refractivity contribution in [2.75, 3.05) is 13.1 Å². The molecule has 0 radical (unpaired) electrons. The summed E-state index contributed by atoms with van der Waals surface area (Å²) < 4.78 is 0. The van der Waals surface area contributed by atoms with Gasteiger partial charge in [-0.3, -0.25) is 4.79 Å². The summed E-state index contributed by atoms with van der Waals surface area (Å²) in [7, 11) is 0. The van der Waals surface area contributed by atoms with Crippen molar-refractivity contribution in [2.24, 2.45) is 10.5 Å². The predicted molar refractivity (Wildman–Crippen MR) is 48.9 cm³/mol. The molecule has 1 N–H and O–H groups in total.